The molecular weight excluding hydrogens is 200 g/mol. The van der Waals surface area contributed by atoms with Crippen molar-refractivity contribution >= 4 is 5.88 Å². The first-order chi connectivity index (χ1) is 7.65. The van der Waals surface area contributed by atoms with Crippen molar-refractivity contribution in [1.82, 2.24) is 5.16 Å². The van der Waals surface area contributed by atoms with Gasteiger partial charge in [0.25, 0.3) is 0 Å². The molecule has 0 unspecified atom stereocenters. The number of aryl methyl sites for hydroxylation is 2. The summed E-state index contributed by atoms with van der Waals surface area (Å²) in [7, 11) is 0. The van der Waals surface area contributed by atoms with Crippen LogP contribution in [0.1, 0.15) is 23.6 Å². The Labute approximate surface area is 95.3 Å². The number of benzene rings is 1. The van der Waals surface area contributed by atoms with Crippen molar-refractivity contribution < 1.29 is 4.52 Å². The Hall–Kier alpha value is -1.77. The van der Waals surface area contributed by atoms with E-state index < -0.39 is 0 Å². The highest BCUT2D eigenvalue weighted by molar-refractivity contribution is 5.72. The lowest BCUT2D eigenvalue weighted by Crippen LogP contribution is -1.93. The van der Waals surface area contributed by atoms with Gasteiger partial charge < -0.3 is 10.3 Å². The van der Waals surface area contributed by atoms with E-state index in [1.54, 1.807) is 0 Å². The van der Waals surface area contributed by atoms with Crippen LogP contribution in [0, 0.1) is 13.8 Å². The van der Waals surface area contributed by atoms with Gasteiger partial charge in [0.2, 0.25) is 5.88 Å². The number of hydrogen-bond acceptors (Lipinski definition) is 3. The minimum absolute atomic E-state index is 0.431. The second-order valence-electron chi connectivity index (χ2n) is 3.99. The summed E-state index contributed by atoms with van der Waals surface area (Å²) in [4.78, 5) is 0. The van der Waals surface area contributed by atoms with Crippen LogP contribution in [0.3, 0.4) is 0 Å². The van der Waals surface area contributed by atoms with Crippen molar-refractivity contribution in [3.63, 3.8) is 0 Å². The van der Waals surface area contributed by atoms with Crippen molar-refractivity contribution in [1.29, 1.82) is 0 Å². The van der Waals surface area contributed by atoms with Crippen LogP contribution < -0.4 is 5.73 Å². The number of anilines is 1. The third kappa shape index (κ3) is 1.58. The highest BCUT2D eigenvalue weighted by Crippen LogP contribution is 2.32. The van der Waals surface area contributed by atoms with Gasteiger partial charge in [-0.2, -0.15) is 0 Å². The quantitative estimate of drug-likeness (QED) is 0.839. The number of rotatable bonds is 2. The number of nitrogen functional groups attached to an aromatic ring is 1. The van der Waals surface area contributed by atoms with Gasteiger partial charge in [-0.05, 0) is 31.4 Å². The van der Waals surface area contributed by atoms with Gasteiger partial charge in [0.05, 0.1) is 0 Å². The van der Waals surface area contributed by atoms with E-state index in [1.165, 1.54) is 11.1 Å². The van der Waals surface area contributed by atoms with Crippen LogP contribution in [0.2, 0.25) is 0 Å². The van der Waals surface area contributed by atoms with Crippen molar-refractivity contribution in [2.45, 2.75) is 27.2 Å². The van der Waals surface area contributed by atoms with Gasteiger partial charge in [-0.1, -0.05) is 30.3 Å². The van der Waals surface area contributed by atoms with Crippen LogP contribution in [-0.2, 0) is 6.42 Å². The largest absolute Gasteiger partial charge is 0.367 e. The SMILES string of the molecule is CCc1c(-c2c(C)cccc2C)noc1N. The van der Waals surface area contributed by atoms with Crippen LogP contribution in [0.25, 0.3) is 11.3 Å². The molecule has 16 heavy (non-hydrogen) atoms. The van der Waals surface area contributed by atoms with Gasteiger partial charge in [-0.25, -0.2) is 0 Å². The van der Waals surface area contributed by atoms with Crippen molar-refractivity contribution in [2.24, 2.45) is 0 Å². The minimum atomic E-state index is 0.431. The Morgan fingerprint density at radius 2 is 1.88 bits per heavy atom. The second kappa shape index (κ2) is 4.00. The number of nitrogens with zero attached hydrogens (tertiary/aromatic N) is 1. The highest BCUT2D eigenvalue weighted by atomic mass is 16.5. The first-order valence-electron chi connectivity index (χ1n) is 5.45. The van der Waals surface area contributed by atoms with Gasteiger partial charge >= 0.3 is 0 Å². The van der Waals surface area contributed by atoms with Crippen LogP contribution >= 0.6 is 0 Å². The summed E-state index contributed by atoms with van der Waals surface area (Å²) in [6.45, 7) is 6.21. The third-order valence-electron chi connectivity index (χ3n) is 2.89. The fraction of sp³-hybridized carbons (Fsp3) is 0.308. The lowest BCUT2D eigenvalue weighted by Gasteiger charge is -2.07. The highest BCUT2D eigenvalue weighted by Gasteiger charge is 2.16. The molecule has 0 bridgehead atoms. The molecule has 0 amide bonds. The van der Waals surface area contributed by atoms with Gasteiger partial charge in [-0.15, -0.1) is 0 Å². The fourth-order valence-corrected chi connectivity index (χ4v) is 2.05. The van der Waals surface area contributed by atoms with E-state index in [0.29, 0.717) is 5.88 Å². The normalized spacial score (nSPS) is 10.7. The number of aromatic nitrogens is 1. The molecule has 0 spiro atoms. The van der Waals surface area contributed by atoms with Crippen LogP contribution in [-0.4, -0.2) is 5.16 Å². The average molecular weight is 216 g/mol. The van der Waals surface area contributed by atoms with E-state index in [2.05, 4.69) is 38.1 Å². The Morgan fingerprint density at radius 3 is 2.44 bits per heavy atom. The number of hydrogen-bond donors (Lipinski definition) is 1. The fourth-order valence-electron chi connectivity index (χ4n) is 2.05. The van der Waals surface area contributed by atoms with Crippen LogP contribution in [0.15, 0.2) is 22.7 Å². The molecule has 0 saturated carbocycles. The van der Waals surface area contributed by atoms with Crippen molar-refractivity contribution in [2.75, 3.05) is 5.73 Å². The molecule has 1 heterocycles. The summed E-state index contributed by atoms with van der Waals surface area (Å²) in [5.41, 5.74) is 11.2. The summed E-state index contributed by atoms with van der Waals surface area (Å²) < 4.78 is 5.08. The smallest absolute Gasteiger partial charge is 0.225 e. The van der Waals surface area contributed by atoms with E-state index >= 15 is 0 Å². The van der Waals surface area contributed by atoms with Gasteiger partial charge in [0.15, 0.2) is 0 Å². The Balaban J connectivity index is 2.67. The van der Waals surface area contributed by atoms with Crippen LogP contribution in [0.5, 0.6) is 0 Å². The topological polar surface area (TPSA) is 52.0 Å². The lowest BCUT2D eigenvalue weighted by atomic mass is 9.97. The predicted molar refractivity (Wildman–Crippen MR) is 65.2 cm³/mol. The molecule has 0 radical (unpaired) electrons. The molecule has 0 aliphatic carbocycles. The Kier molecular flexibility index (Phi) is 2.69. The number of nitrogens with two attached hydrogens (primary N) is 1. The molecular formula is C13H16N2O. The monoisotopic (exact) mass is 216 g/mol. The molecule has 3 heteroatoms. The second-order valence-corrected chi connectivity index (χ2v) is 3.99. The molecule has 0 fully saturated rings. The molecule has 84 valence electrons. The summed E-state index contributed by atoms with van der Waals surface area (Å²) in [5, 5.41) is 4.08. The zero-order valence-electron chi connectivity index (χ0n) is 9.87. The zero-order chi connectivity index (χ0) is 11.7. The Morgan fingerprint density at radius 1 is 1.25 bits per heavy atom. The van der Waals surface area contributed by atoms with E-state index in [4.69, 9.17) is 10.3 Å². The van der Waals surface area contributed by atoms with Crippen molar-refractivity contribution in [3.05, 3.63) is 34.9 Å². The van der Waals surface area contributed by atoms with Crippen molar-refractivity contribution in [3.8, 4) is 11.3 Å². The summed E-state index contributed by atoms with van der Waals surface area (Å²) in [5.74, 6) is 0.431. The molecule has 0 atom stereocenters. The van der Waals surface area contributed by atoms with E-state index in [0.717, 1.165) is 23.2 Å². The third-order valence-corrected chi connectivity index (χ3v) is 2.89. The molecule has 2 rings (SSSR count). The maximum absolute atomic E-state index is 5.76. The molecule has 1 aromatic carbocycles. The van der Waals surface area contributed by atoms with E-state index in [-0.39, 0.29) is 0 Å². The van der Waals surface area contributed by atoms with Gasteiger partial charge in [0, 0.05) is 11.1 Å². The predicted octanol–water partition coefficient (Wildman–Crippen LogP) is 3.10. The Bertz CT molecular complexity index is 494. The molecule has 3 nitrogen and oxygen atoms in total. The molecule has 1 aromatic heterocycles. The lowest BCUT2D eigenvalue weighted by molar-refractivity contribution is 0.438. The summed E-state index contributed by atoms with van der Waals surface area (Å²) in [6.07, 6.45) is 0.832. The van der Waals surface area contributed by atoms with E-state index in [9.17, 15) is 0 Å². The maximum Gasteiger partial charge on any atom is 0.225 e. The molecule has 2 aromatic rings. The average Bonchev–Trinajstić information content (AvgIpc) is 2.59. The van der Waals surface area contributed by atoms with Gasteiger partial charge in [-0.3, -0.25) is 0 Å². The summed E-state index contributed by atoms with van der Waals surface area (Å²) >= 11 is 0. The standard InChI is InChI=1S/C13H16N2O/c1-4-10-12(15-16-13(10)14)11-8(2)6-5-7-9(11)3/h5-7H,4,14H2,1-3H3. The zero-order valence-corrected chi connectivity index (χ0v) is 9.87. The molecule has 0 saturated heterocycles. The maximum atomic E-state index is 5.76. The van der Waals surface area contributed by atoms with Gasteiger partial charge in [0.1, 0.15) is 5.69 Å². The first-order valence-corrected chi connectivity index (χ1v) is 5.45. The summed E-state index contributed by atoms with van der Waals surface area (Å²) in [6, 6.07) is 6.20. The van der Waals surface area contributed by atoms with Crippen LogP contribution in [0.4, 0.5) is 5.88 Å². The minimum Gasteiger partial charge on any atom is -0.367 e. The van der Waals surface area contributed by atoms with E-state index in [1.807, 2.05) is 6.07 Å². The first kappa shape index (κ1) is 10.7. The molecule has 2 N–H and O–H groups in total. The molecule has 0 aliphatic heterocycles. The molecule has 0 aliphatic rings.